The minimum absolute atomic E-state index is 0.309. The van der Waals surface area contributed by atoms with E-state index in [9.17, 15) is 5.11 Å². The van der Waals surface area contributed by atoms with E-state index in [0.717, 1.165) is 37.3 Å². The third kappa shape index (κ3) is 5.08. The number of aromatic nitrogens is 1. The molecule has 3 aromatic rings. The zero-order valence-electron chi connectivity index (χ0n) is 14.9. The maximum atomic E-state index is 9.34. The lowest BCUT2D eigenvalue weighted by Gasteiger charge is -2.18. The van der Waals surface area contributed by atoms with Crippen molar-refractivity contribution in [3.63, 3.8) is 0 Å². The number of nitrogens with one attached hydrogen (secondary N) is 2. The summed E-state index contributed by atoms with van der Waals surface area (Å²) in [5.74, 6) is 0.850. The predicted molar refractivity (Wildman–Crippen MR) is 117 cm³/mol. The fourth-order valence-corrected chi connectivity index (χ4v) is 3.40. The summed E-state index contributed by atoms with van der Waals surface area (Å²) < 4.78 is 1.20. The van der Waals surface area contributed by atoms with Crippen LogP contribution in [0.25, 0.3) is 10.9 Å². The topological polar surface area (TPSA) is 57.2 Å². The van der Waals surface area contributed by atoms with Crippen molar-refractivity contribution >= 4 is 39.2 Å². The SMILES string of the molecule is CCC(CNCc1ccc(O)cc1)CNc1ccnc2cc(I)ccc12. The molecule has 0 aliphatic carbocycles. The van der Waals surface area contributed by atoms with E-state index in [1.54, 1.807) is 12.1 Å². The molecule has 0 amide bonds. The van der Waals surface area contributed by atoms with Gasteiger partial charge in [0.2, 0.25) is 0 Å². The summed E-state index contributed by atoms with van der Waals surface area (Å²) in [4.78, 5) is 4.46. The van der Waals surface area contributed by atoms with E-state index in [0.29, 0.717) is 11.7 Å². The number of anilines is 1. The Morgan fingerprint density at radius 1 is 1.08 bits per heavy atom. The van der Waals surface area contributed by atoms with Crippen LogP contribution in [0.1, 0.15) is 18.9 Å². The zero-order valence-corrected chi connectivity index (χ0v) is 17.0. The van der Waals surface area contributed by atoms with Gasteiger partial charge in [0.25, 0.3) is 0 Å². The van der Waals surface area contributed by atoms with Crippen LogP contribution in [0.2, 0.25) is 0 Å². The second-order valence-electron chi connectivity index (χ2n) is 6.47. The van der Waals surface area contributed by atoms with Crippen LogP contribution in [0.3, 0.4) is 0 Å². The number of nitrogens with zero attached hydrogens (tertiary/aromatic N) is 1. The second kappa shape index (κ2) is 9.19. The summed E-state index contributed by atoms with van der Waals surface area (Å²) in [7, 11) is 0. The highest BCUT2D eigenvalue weighted by Crippen LogP contribution is 2.23. The first-order chi connectivity index (χ1) is 12.7. The Morgan fingerprint density at radius 3 is 2.65 bits per heavy atom. The van der Waals surface area contributed by atoms with Crippen LogP contribution < -0.4 is 10.6 Å². The lowest BCUT2D eigenvalue weighted by molar-refractivity contribution is 0.473. The Morgan fingerprint density at radius 2 is 1.88 bits per heavy atom. The number of fused-ring (bicyclic) bond motifs is 1. The summed E-state index contributed by atoms with van der Waals surface area (Å²) in [6.07, 6.45) is 2.97. The van der Waals surface area contributed by atoms with Crippen LogP contribution in [0.15, 0.2) is 54.7 Å². The van der Waals surface area contributed by atoms with Gasteiger partial charge in [-0.15, -0.1) is 0 Å². The fourth-order valence-electron chi connectivity index (χ4n) is 2.92. The van der Waals surface area contributed by atoms with Gasteiger partial charge in [-0.2, -0.15) is 0 Å². The monoisotopic (exact) mass is 461 g/mol. The molecule has 0 bridgehead atoms. The Kier molecular flexibility index (Phi) is 6.68. The molecule has 0 saturated heterocycles. The molecular weight excluding hydrogens is 437 g/mol. The van der Waals surface area contributed by atoms with E-state index >= 15 is 0 Å². The van der Waals surface area contributed by atoms with Crippen molar-refractivity contribution in [3.05, 3.63) is 63.9 Å². The first-order valence-corrected chi connectivity index (χ1v) is 10.0. The number of phenolic OH excluding ortho intramolecular Hbond substituents is 1. The van der Waals surface area contributed by atoms with E-state index in [2.05, 4.69) is 63.3 Å². The van der Waals surface area contributed by atoms with Gasteiger partial charge in [0.15, 0.2) is 0 Å². The molecule has 0 aliphatic heterocycles. The predicted octanol–water partition coefficient (Wildman–Crippen LogP) is 4.77. The van der Waals surface area contributed by atoms with Gasteiger partial charge in [-0.1, -0.05) is 25.5 Å². The molecule has 26 heavy (non-hydrogen) atoms. The van der Waals surface area contributed by atoms with Crippen molar-refractivity contribution in [2.45, 2.75) is 19.9 Å². The maximum absolute atomic E-state index is 9.34. The van der Waals surface area contributed by atoms with Gasteiger partial charge < -0.3 is 15.7 Å². The molecule has 3 N–H and O–H groups in total. The van der Waals surface area contributed by atoms with Gasteiger partial charge in [0, 0.05) is 33.9 Å². The summed E-state index contributed by atoms with van der Waals surface area (Å²) >= 11 is 2.32. The molecule has 4 nitrogen and oxygen atoms in total. The van der Waals surface area contributed by atoms with Crippen LogP contribution >= 0.6 is 22.6 Å². The lowest BCUT2D eigenvalue weighted by Crippen LogP contribution is -2.27. The molecule has 5 heteroatoms. The first-order valence-electron chi connectivity index (χ1n) is 8.92. The number of hydrogen-bond donors (Lipinski definition) is 3. The van der Waals surface area contributed by atoms with Crippen molar-refractivity contribution in [1.29, 1.82) is 0 Å². The molecular formula is C21H24IN3O. The zero-order chi connectivity index (χ0) is 18.4. The van der Waals surface area contributed by atoms with Gasteiger partial charge in [0.05, 0.1) is 5.52 Å². The Labute approximate surface area is 168 Å². The number of halogens is 1. The van der Waals surface area contributed by atoms with Crippen LogP contribution in [0.4, 0.5) is 5.69 Å². The van der Waals surface area contributed by atoms with Crippen molar-refractivity contribution in [1.82, 2.24) is 10.3 Å². The normalized spacial score (nSPS) is 12.2. The van der Waals surface area contributed by atoms with Gasteiger partial charge in [-0.05, 0) is 77.0 Å². The summed E-state index contributed by atoms with van der Waals surface area (Å²) in [6, 6.07) is 15.8. The summed E-state index contributed by atoms with van der Waals surface area (Å²) in [5.41, 5.74) is 3.35. The molecule has 1 atom stereocenters. The number of pyridine rings is 1. The largest absolute Gasteiger partial charge is 0.508 e. The smallest absolute Gasteiger partial charge is 0.115 e. The van der Waals surface area contributed by atoms with Crippen LogP contribution in [0, 0.1) is 9.49 Å². The van der Waals surface area contributed by atoms with E-state index in [-0.39, 0.29) is 0 Å². The second-order valence-corrected chi connectivity index (χ2v) is 7.72. The van der Waals surface area contributed by atoms with E-state index in [4.69, 9.17) is 0 Å². The highest BCUT2D eigenvalue weighted by molar-refractivity contribution is 14.1. The molecule has 0 saturated carbocycles. The van der Waals surface area contributed by atoms with Gasteiger partial charge in [0.1, 0.15) is 5.75 Å². The standard InChI is InChI=1S/C21H24IN3O/c1-2-15(12-23-13-16-3-6-18(26)7-4-16)14-25-20-9-10-24-21-11-17(22)5-8-19(20)21/h3-11,15,23,26H,2,12-14H2,1H3,(H,24,25). The lowest BCUT2D eigenvalue weighted by atomic mass is 10.1. The maximum Gasteiger partial charge on any atom is 0.115 e. The highest BCUT2D eigenvalue weighted by Gasteiger charge is 2.08. The number of hydrogen-bond acceptors (Lipinski definition) is 4. The van der Waals surface area contributed by atoms with Gasteiger partial charge in [-0.25, -0.2) is 0 Å². The van der Waals surface area contributed by atoms with Gasteiger partial charge in [-0.3, -0.25) is 4.98 Å². The van der Waals surface area contributed by atoms with Crippen molar-refractivity contribution in [2.24, 2.45) is 5.92 Å². The van der Waals surface area contributed by atoms with Crippen molar-refractivity contribution < 1.29 is 5.11 Å². The first kappa shape index (κ1) is 18.9. The van der Waals surface area contributed by atoms with Crippen LogP contribution in [-0.2, 0) is 6.54 Å². The minimum atomic E-state index is 0.309. The summed E-state index contributed by atoms with van der Waals surface area (Å²) in [6.45, 7) is 4.91. The molecule has 2 aromatic carbocycles. The molecule has 1 unspecified atom stereocenters. The number of benzene rings is 2. The van der Waals surface area contributed by atoms with Crippen molar-refractivity contribution in [3.8, 4) is 5.75 Å². The van der Waals surface area contributed by atoms with E-state index < -0.39 is 0 Å². The average Bonchev–Trinajstić information content (AvgIpc) is 2.65. The van der Waals surface area contributed by atoms with E-state index in [1.807, 2.05) is 24.4 Å². The Hall–Kier alpha value is -1.86. The Balaban J connectivity index is 1.54. The molecule has 0 spiro atoms. The third-order valence-electron chi connectivity index (χ3n) is 4.56. The third-order valence-corrected chi connectivity index (χ3v) is 5.23. The highest BCUT2D eigenvalue weighted by atomic mass is 127. The number of rotatable bonds is 8. The van der Waals surface area contributed by atoms with Crippen LogP contribution in [0.5, 0.6) is 5.75 Å². The van der Waals surface area contributed by atoms with Gasteiger partial charge >= 0.3 is 0 Å². The minimum Gasteiger partial charge on any atom is -0.508 e. The van der Waals surface area contributed by atoms with Crippen LogP contribution in [-0.4, -0.2) is 23.2 Å². The molecule has 0 aliphatic rings. The summed E-state index contributed by atoms with van der Waals surface area (Å²) in [5, 5.41) is 17.6. The number of aromatic hydroxyl groups is 1. The molecule has 136 valence electrons. The Bertz CT molecular complexity index is 852. The molecule has 1 aromatic heterocycles. The van der Waals surface area contributed by atoms with E-state index in [1.165, 1.54) is 14.5 Å². The number of phenols is 1. The fraction of sp³-hybridized carbons (Fsp3) is 0.286. The molecule has 0 fully saturated rings. The van der Waals surface area contributed by atoms with Crippen molar-refractivity contribution in [2.75, 3.05) is 18.4 Å². The molecule has 3 rings (SSSR count). The average molecular weight is 461 g/mol. The molecule has 1 heterocycles. The molecule has 0 radical (unpaired) electrons. The quantitative estimate of drug-likeness (QED) is 0.423.